The maximum absolute atomic E-state index is 12.9. The predicted molar refractivity (Wildman–Crippen MR) is 116 cm³/mol. The molecule has 2 aliphatic heterocycles. The molecule has 1 unspecified atom stereocenters. The number of hydrogen-bond donors (Lipinski definition) is 1. The number of amides is 1. The van der Waals surface area contributed by atoms with Crippen molar-refractivity contribution in [1.82, 2.24) is 10.2 Å². The van der Waals surface area contributed by atoms with Crippen LogP contribution < -0.4 is 14.8 Å². The van der Waals surface area contributed by atoms with Crippen LogP contribution in [0.4, 0.5) is 0 Å². The molecule has 4 rings (SSSR count). The molecule has 0 bridgehead atoms. The minimum Gasteiger partial charge on any atom is -0.489 e. The third-order valence-corrected chi connectivity index (χ3v) is 5.90. The van der Waals surface area contributed by atoms with Crippen molar-refractivity contribution in [3.8, 4) is 11.5 Å². The standard InChI is InChI=1S/C22H24Cl2N2O4/c23-17-5-2-1-4-16(17)19(26-6-10-28-11-7-26)14-25-22(27)15-12-18(24)21-20(13-15)29-8-3-9-30-21/h1-2,4-5,12-13,19H,3,6-11,14H2,(H,25,27). The third kappa shape index (κ3) is 4.83. The highest BCUT2D eigenvalue weighted by Gasteiger charge is 2.25. The lowest BCUT2D eigenvalue weighted by Crippen LogP contribution is -2.44. The lowest BCUT2D eigenvalue weighted by atomic mass is 10.0. The molecule has 2 aromatic carbocycles. The Hall–Kier alpha value is -1.99. The van der Waals surface area contributed by atoms with Gasteiger partial charge in [-0.2, -0.15) is 0 Å². The number of rotatable bonds is 5. The zero-order valence-corrected chi connectivity index (χ0v) is 18.0. The quantitative estimate of drug-likeness (QED) is 0.746. The van der Waals surface area contributed by atoms with E-state index in [4.69, 9.17) is 37.4 Å². The summed E-state index contributed by atoms with van der Waals surface area (Å²) in [5.74, 6) is 0.770. The van der Waals surface area contributed by atoms with Crippen molar-refractivity contribution in [2.24, 2.45) is 0 Å². The van der Waals surface area contributed by atoms with Gasteiger partial charge >= 0.3 is 0 Å². The Morgan fingerprint density at radius 3 is 2.60 bits per heavy atom. The number of carbonyl (C=O) groups excluding carboxylic acids is 1. The van der Waals surface area contributed by atoms with Gasteiger partial charge in [-0.05, 0) is 23.8 Å². The van der Waals surface area contributed by atoms with Gasteiger partial charge in [0.05, 0.1) is 37.5 Å². The number of ether oxygens (including phenoxy) is 3. The van der Waals surface area contributed by atoms with Crippen molar-refractivity contribution < 1.29 is 19.0 Å². The second kappa shape index (κ2) is 9.88. The Bertz CT molecular complexity index is 903. The Morgan fingerprint density at radius 2 is 1.80 bits per heavy atom. The van der Waals surface area contributed by atoms with E-state index in [1.165, 1.54) is 0 Å². The molecule has 0 aliphatic carbocycles. The van der Waals surface area contributed by atoms with Gasteiger partial charge in [-0.15, -0.1) is 0 Å². The normalized spacial score (nSPS) is 17.8. The highest BCUT2D eigenvalue weighted by Crippen LogP contribution is 2.38. The fraction of sp³-hybridized carbons (Fsp3) is 0.409. The zero-order valence-electron chi connectivity index (χ0n) is 16.5. The van der Waals surface area contributed by atoms with E-state index < -0.39 is 0 Å². The fourth-order valence-electron chi connectivity index (χ4n) is 3.72. The van der Waals surface area contributed by atoms with Gasteiger partial charge in [0.2, 0.25) is 0 Å². The zero-order chi connectivity index (χ0) is 20.9. The summed E-state index contributed by atoms with van der Waals surface area (Å²) in [6.45, 7) is 4.36. The van der Waals surface area contributed by atoms with Crippen molar-refractivity contribution in [2.75, 3.05) is 46.1 Å². The SMILES string of the molecule is O=C(NCC(c1ccccc1Cl)N1CCOCC1)c1cc(Cl)c2c(c1)OCCCO2. The van der Waals surface area contributed by atoms with Crippen LogP contribution in [0.2, 0.25) is 10.0 Å². The molecular formula is C22H24Cl2N2O4. The molecule has 2 heterocycles. The summed E-state index contributed by atoms with van der Waals surface area (Å²) in [5.41, 5.74) is 1.42. The summed E-state index contributed by atoms with van der Waals surface area (Å²) < 4.78 is 16.8. The maximum atomic E-state index is 12.9. The first-order chi connectivity index (χ1) is 14.6. The summed E-state index contributed by atoms with van der Waals surface area (Å²) in [6.07, 6.45) is 0.769. The largest absolute Gasteiger partial charge is 0.489 e. The Kier molecular flexibility index (Phi) is 7.00. The summed E-state index contributed by atoms with van der Waals surface area (Å²) in [5, 5.41) is 4.09. The van der Waals surface area contributed by atoms with Crippen molar-refractivity contribution in [3.63, 3.8) is 0 Å². The van der Waals surface area contributed by atoms with E-state index in [1.807, 2.05) is 24.3 Å². The van der Waals surface area contributed by atoms with Crippen LogP contribution in [0, 0.1) is 0 Å². The predicted octanol–water partition coefficient (Wildman–Crippen LogP) is 3.96. The summed E-state index contributed by atoms with van der Waals surface area (Å²) in [4.78, 5) is 15.2. The van der Waals surface area contributed by atoms with Crippen LogP contribution in [0.1, 0.15) is 28.4 Å². The first kappa shape index (κ1) is 21.2. The number of benzene rings is 2. The Morgan fingerprint density at radius 1 is 1.03 bits per heavy atom. The number of morpholine rings is 1. The average molecular weight is 451 g/mol. The number of nitrogens with one attached hydrogen (secondary N) is 1. The molecule has 0 radical (unpaired) electrons. The second-order valence-corrected chi connectivity index (χ2v) is 8.05. The molecule has 1 amide bonds. The smallest absolute Gasteiger partial charge is 0.251 e. The fourth-order valence-corrected chi connectivity index (χ4v) is 4.25. The highest BCUT2D eigenvalue weighted by molar-refractivity contribution is 6.32. The Labute approximate surface area is 186 Å². The molecule has 6 nitrogen and oxygen atoms in total. The first-order valence-corrected chi connectivity index (χ1v) is 10.8. The first-order valence-electron chi connectivity index (χ1n) is 10.1. The van der Waals surface area contributed by atoms with Crippen molar-refractivity contribution >= 4 is 29.1 Å². The van der Waals surface area contributed by atoms with E-state index in [1.54, 1.807) is 12.1 Å². The number of hydrogen-bond acceptors (Lipinski definition) is 5. The average Bonchev–Trinajstić information content (AvgIpc) is 3.01. The summed E-state index contributed by atoms with van der Waals surface area (Å²) >= 11 is 12.8. The molecule has 2 aromatic rings. The maximum Gasteiger partial charge on any atom is 0.251 e. The van der Waals surface area contributed by atoms with Crippen molar-refractivity contribution in [1.29, 1.82) is 0 Å². The van der Waals surface area contributed by atoms with Gasteiger partial charge < -0.3 is 19.5 Å². The molecule has 160 valence electrons. The molecule has 1 fully saturated rings. The van der Waals surface area contributed by atoms with E-state index in [2.05, 4.69) is 10.2 Å². The van der Waals surface area contributed by atoms with Crippen molar-refractivity contribution in [3.05, 3.63) is 57.6 Å². The highest BCUT2D eigenvalue weighted by atomic mass is 35.5. The molecule has 1 atom stereocenters. The van der Waals surface area contributed by atoms with E-state index in [9.17, 15) is 4.79 Å². The van der Waals surface area contributed by atoms with Gasteiger partial charge in [0.25, 0.3) is 5.91 Å². The van der Waals surface area contributed by atoms with Gasteiger partial charge in [-0.3, -0.25) is 9.69 Å². The van der Waals surface area contributed by atoms with E-state index >= 15 is 0 Å². The molecule has 30 heavy (non-hydrogen) atoms. The molecule has 0 saturated carbocycles. The summed E-state index contributed by atoms with van der Waals surface area (Å²) in [7, 11) is 0. The molecule has 8 heteroatoms. The van der Waals surface area contributed by atoms with Crippen LogP contribution >= 0.6 is 23.2 Å². The number of nitrogens with zero attached hydrogens (tertiary/aromatic N) is 1. The molecule has 0 spiro atoms. The van der Waals surface area contributed by atoms with E-state index in [0.717, 1.165) is 25.1 Å². The number of carbonyl (C=O) groups is 1. The van der Waals surface area contributed by atoms with Crippen LogP contribution in [0.25, 0.3) is 0 Å². The summed E-state index contributed by atoms with van der Waals surface area (Å²) in [6, 6.07) is 11.0. The van der Waals surface area contributed by atoms with Crippen LogP contribution in [0.5, 0.6) is 11.5 Å². The molecule has 1 saturated heterocycles. The van der Waals surface area contributed by atoms with E-state index in [0.29, 0.717) is 60.1 Å². The molecular weight excluding hydrogens is 427 g/mol. The number of halogens is 2. The van der Waals surface area contributed by atoms with Crippen LogP contribution in [-0.2, 0) is 4.74 Å². The van der Waals surface area contributed by atoms with Crippen LogP contribution in [0.3, 0.4) is 0 Å². The topological polar surface area (TPSA) is 60.0 Å². The van der Waals surface area contributed by atoms with Crippen LogP contribution in [-0.4, -0.2) is 56.9 Å². The molecule has 0 aromatic heterocycles. The molecule has 2 aliphatic rings. The lowest BCUT2D eigenvalue weighted by Gasteiger charge is -2.35. The monoisotopic (exact) mass is 450 g/mol. The number of fused-ring (bicyclic) bond motifs is 1. The van der Waals surface area contributed by atoms with E-state index in [-0.39, 0.29) is 11.9 Å². The Balaban J connectivity index is 1.52. The van der Waals surface area contributed by atoms with Gasteiger partial charge in [0, 0.05) is 36.6 Å². The van der Waals surface area contributed by atoms with Gasteiger partial charge in [0.1, 0.15) is 0 Å². The second-order valence-electron chi connectivity index (χ2n) is 7.23. The minimum absolute atomic E-state index is 0.0533. The third-order valence-electron chi connectivity index (χ3n) is 5.27. The van der Waals surface area contributed by atoms with Crippen molar-refractivity contribution in [2.45, 2.75) is 12.5 Å². The van der Waals surface area contributed by atoms with Gasteiger partial charge in [-0.1, -0.05) is 41.4 Å². The van der Waals surface area contributed by atoms with Gasteiger partial charge in [-0.25, -0.2) is 0 Å². The van der Waals surface area contributed by atoms with Gasteiger partial charge in [0.15, 0.2) is 11.5 Å². The lowest BCUT2D eigenvalue weighted by molar-refractivity contribution is 0.0162. The minimum atomic E-state index is -0.224. The molecule has 1 N–H and O–H groups in total. The van der Waals surface area contributed by atoms with Crippen LogP contribution in [0.15, 0.2) is 36.4 Å².